The van der Waals surface area contributed by atoms with Gasteiger partial charge in [0, 0.05) is 6.20 Å². The second-order valence-corrected chi connectivity index (χ2v) is 6.46. The summed E-state index contributed by atoms with van der Waals surface area (Å²) in [4.78, 5) is 12.6. The summed E-state index contributed by atoms with van der Waals surface area (Å²) < 4.78 is 7.13. The summed E-state index contributed by atoms with van der Waals surface area (Å²) in [6.45, 7) is 2.24. The zero-order valence-electron chi connectivity index (χ0n) is 15.2. The molecule has 0 aliphatic rings. The van der Waals surface area contributed by atoms with Gasteiger partial charge in [-0.15, -0.1) is 10.2 Å². The normalized spacial score (nSPS) is 12.2. The second-order valence-electron chi connectivity index (χ2n) is 6.46. The van der Waals surface area contributed by atoms with E-state index >= 15 is 0 Å². The predicted octanol–water partition coefficient (Wildman–Crippen LogP) is 3.31. The summed E-state index contributed by atoms with van der Waals surface area (Å²) in [7, 11) is 1.65. The number of ether oxygens (including phenoxy) is 1. The molecule has 1 N–H and O–H groups in total. The highest BCUT2D eigenvalue weighted by atomic mass is 16.5. The molecule has 0 bridgehead atoms. The van der Waals surface area contributed by atoms with Crippen LogP contribution in [0.15, 0.2) is 60.8 Å². The van der Waals surface area contributed by atoms with Crippen molar-refractivity contribution in [2.75, 3.05) is 7.11 Å². The SMILES string of the molecule is COc1ccc2cc([C@@H](C)C(=O)NCc3nnc4ccccn34)ccc2c1. The fourth-order valence-corrected chi connectivity index (χ4v) is 3.12. The average molecular weight is 360 g/mol. The third-order valence-corrected chi connectivity index (χ3v) is 4.77. The van der Waals surface area contributed by atoms with E-state index in [0.29, 0.717) is 12.4 Å². The summed E-state index contributed by atoms with van der Waals surface area (Å²) in [5, 5.41) is 13.4. The van der Waals surface area contributed by atoms with Gasteiger partial charge in [-0.25, -0.2) is 0 Å². The van der Waals surface area contributed by atoms with Gasteiger partial charge in [-0.05, 0) is 47.5 Å². The zero-order valence-corrected chi connectivity index (χ0v) is 15.2. The first-order valence-corrected chi connectivity index (χ1v) is 8.80. The minimum absolute atomic E-state index is 0.0458. The third kappa shape index (κ3) is 3.33. The van der Waals surface area contributed by atoms with Crippen molar-refractivity contribution >= 4 is 22.3 Å². The highest BCUT2D eigenvalue weighted by Gasteiger charge is 2.16. The van der Waals surface area contributed by atoms with E-state index in [1.165, 1.54) is 0 Å². The lowest BCUT2D eigenvalue weighted by Crippen LogP contribution is -2.28. The van der Waals surface area contributed by atoms with Crippen molar-refractivity contribution in [2.45, 2.75) is 19.4 Å². The van der Waals surface area contributed by atoms with Crippen LogP contribution in [0.1, 0.15) is 24.2 Å². The molecule has 0 fully saturated rings. The van der Waals surface area contributed by atoms with E-state index in [-0.39, 0.29) is 11.8 Å². The first kappa shape index (κ1) is 17.0. The van der Waals surface area contributed by atoms with Crippen LogP contribution in [-0.2, 0) is 11.3 Å². The Balaban J connectivity index is 1.49. The Bertz CT molecular complexity index is 1120. The van der Waals surface area contributed by atoms with Crippen LogP contribution in [0.3, 0.4) is 0 Å². The fourth-order valence-electron chi connectivity index (χ4n) is 3.12. The number of pyridine rings is 1. The molecule has 1 amide bonds. The maximum absolute atomic E-state index is 12.6. The number of methoxy groups -OCH3 is 1. The number of rotatable bonds is 5. The van der Waals surface area contributed by atoms with E-state index in [2.05, 4.69) is 15.5 Å². The number of amides is 1. The lowest BCUT2D eigenvalue weighted by molar-refractivity contribution is -0.122. The minimum atomic E-state index is -0.268. The summed E-state index contributed by atoms with van der Waals surface area (Å²) >= 11 is 0. The average Bonchev–Trinajstić information content (AvgIpc) is 3.13. The van der Waals surface area contributed by atoms with Crippen molar-refractivity contribution in [2.24, 2.45) is 0 Å². The quantitative estimate of drug-likeness (QED) is 0.593. The summed E-state index contributed by atoms with van der Waals surface area (Å²) in [6, 6.07) is 17.7. The number of benzene rings is 2. The van der Waals surface area contributed by atoms with Crippen LogP contribution in [0.5, 0.6) is 5.75 Å². The van der Waals surface area contributed by atoms with E-state index in [0.717, 1.165) is 27.7 Å². The van der Waals surface area contributed by atoms with Crippen LogP contribution in [0, 0.1) is 0 Å². The van der Waals surface area contributed by atoms with Gasteiger partial charge in [0.25, 0.3) is 0 Å². The monoisotopic (exact) mass is 360 g/mol. The molecule has 2 aromatic carbocycles. The number of hydrogen-bond acceptors (Lipinski definition) is 4. The molecule has 6 heteroatoms. The van der Waals surface area contributed by atoms with Crippen LogP contribution in [0.4, 0.5) is 0 Å². The first-order valence-electron chi connectivity index (χ1n) is 8.80. The number of fused-ring (bicyclic) bond motifs is 2. The largest absolute Gasteiger partial charge is 0.497 e. The Hall–Kier alpha value is -3.41. The highest BCUT2D eigenvalue weighted by Crippen LogP contribution is 2.25. The minimum Gasteiger partial charge on any atom is -0.497 e. The number of carbonyl (C=O) groups is 1. The molecule has 4 rings (SSSR count). The van der Waals surface area contributed by atoms with Crippen molar-refractivity contribution in [3.8, 4) is 5.75 Å². The lowest BCUT2D eigenvalue weighted by atomic mass is 9.97. The van der Waals surface area contributed by atoms with Crippen molar-refractivity contribution in [3.05, 3.63) is 72.2 Å². The molecule has 6 nitrogen and oxygen atoms in total. The zero-order chi connectivity index (χ0) is 18.8. The van der Waals surface area contributed by atoms with Crippen LogP contribution in [0.2, 0.25) is 0 Å². The standard InChI is InChI=1S/C21H20N4O2/c1-14(15-6-7-17-12-18(27-2)9-8-16(17)11-15)21(26)22-13-20-24-23-19-5-3-4-10-25(19)20/h3-12,14H,13H2,1-2H3,(H,22,26)/t14-/m1/s1. The number of aromatic nitrogens is 3. The summed E-state index contributed by atoms with van der Waals surface area (Å²) in [5.41, 5.74) is 1.73. The van der Waals surface area contributed by atoms with Crippen molar-refractivity contribution in [1.29, 1.82) is 0 Å². The van der Waals surface area contributed by atoms with Gasteiger partial charge in [0.15, 0.2) is 11.5 Å². The van der Waals surface area contributed by atoms with Crippen molar-refractivity contribution < 1.29 is 9.53 Å². The fraction of sp³-hybridized carbons (Fsp3) is 0.190. The number of nitrogens with one attached hydrogen (secondary N) is 1. The van der Waals surface area contributed by atoms with Gasteiger partial charge in [-0.1, -0.05) is 30.3 Å². The van der Waals surface area contributed by atoms with Crippen LogP contribution in [-0.4, -0.2) is 27.6 Å². The molecule has 0 aliphatic heterocycles. The molecular weight excluding hydrogens is 340 g/mol. The Kier molecular flexibility index (Phi) is 4.46. The Morgan fingerprint density at radius 2 is 1.93 bits per heavy atom. The molecule has 0 aliphatic carbocycles. The molecule has 0 saturated heterocycles. The van der Waals surface area contributed by atoms with Crippen LogP contribution >= 0.6 is 0 Å². The smallest absolute Gasteiger partial charge is 0.227 e. The molecular formula is C21H20N4O2. The van der Waals surface area contributed by atoms with E-state index in [4.69, 9.17) is 4.74 Å². The number of nitrogens with zero attached hydrogens (tertiary/aromatic N) is 3. The van der Waals surface area contributed by atoms with Crippen LogP contribution in [0.25, 0.3) is 16.4 Å². The molecule has 4 aromatic rings. The maximum atomic E-state index is 12.6. The summed E-state index contributed by atoms with van der Waals surface area (Å²) in [6.07, 6.45) is 1.89. The van der Waals surface area contributed by atoms with Gasteiger partial charge in [-0.2, -0.15) is 0 Å². The first-order chi connectivity index (χ1) is 13.2. The molecule has 0 unspecified atom stereocenters. The van der Waals surface area contributed by atoms with E-state index in [9.17, 15) is 4.79 Å². The second kappa shape index (κ2) is 7.07. The molecule has 136 valence electrons. The van der Waals surface area contributed by atoms with E-state index in [1.807, 2.05) is 72.1 Å². The maximum Gasteiger partial charge on any atom is 0.227 e. The molecule has 2 aromatic heterocycles. The van der Waals surface area contributed by atoms with E-state index < -0.39 is 0 Å². The predicted molar refractivity (Wildman–Crippen MR) is 104 cm³/mol. The summed E-state index contributed by atoms with van der Waals surface area (Å²) in [5.74, 6) is 1.21. The van der Waals surface area contributed by atoms with Gasteiger partial charge in [0.1, 0.15) is 5.75 Å². The Morgan fingerprint density at radius 1 is 1.11 bits per heavy atom. The Labute approximate surface area is 156 Å². The third-order valence-electron chi connectivity index (χ3n) is 4.77. The Morgan fingerprint density at radius 3 is 2.78 bits per heavy atom. The number of carbonyl (C=O) groups excluding carboxylic acids is 1. The van der Waals surface area contributed by atoms with Gasteiger partial charge < -0.3 is 10.1 Å². The van der Waals surface area contributed by atoms with Crippen LogP contribution < -0.4 is 10.1 Å². The van der Waals surface area contributed by atoms with Crippen molar-refractivity contribution in [1.82, 2.24) is 19.9 Å². The molecule has 1 atom stereocenters. The lowest BCUT2D eigenvalue weighted by Gasteiger charge is -2.13. The topological polar surface area (TPSA) is 68.5 Å². The van der Waals surface area contributed by atoms with Crippen molar-refractivity contribution in [3.63, 3.8) is 0 Å². The van der Waals surface area contributed by atoms with Gasteiger partial charge >= 0.3 is 0 Å². The highest BCUT2D eigenvalue weighted by molar-refractivity contribution is 5.88. The molecule has 27 heavy (non-hydrogen) atoms. The number of hydrogen-bond donors (Lipinski definition) is 1. The molecule has 0 spiro atoms. The van der Waals surface area contributed by atoms with Gasteiger partial charge in [-0.3, -0.25) is 9.20 Å². The molecule has 2 heterocycles. The van der Waals surface area contributed by atoms with E-state index in [1.54, 1.807) is 7.11 Å². The van der Waals surface area contributed by atoms with Gasteiger partial charge in [0.05, 0.1) is 19.6 Å². The van der Waals surface area contributed by atoms with Gasteiger partial charge in [0.2, 0.25) is 5.91 Å². The molecule has 0 saturated carbocycles. The molecule has 0 radical (unpaired) electrons.